The number of halogens is 1. The van der Waals surface area contributed by atoms with E-state index in [1.165, 1.54) is 24.3 Å². The smallest absolute Gasteiger partial charge is 0.220 e. The summed E-state index contributed by atoms with van der Waals surface area (Å²) in [5, 5.41) is 15.8. The van der Waals surface area contributed by atoms with Crippen molar-refractivity contribution in [2.24, 2.45) is 5.92 Å². The normalized spacial score (nSPS) is 17.0. The first-order valence-electron chi connectivity index (χ1n) is 7.67. The lowest BCUT2D eigenvalue weighted by molar-refractivity contribution is -0.122. The number of carbonyl (C=O) groups excluding carboxylic acids is 1. The van der Waals surface area contributed by atoms with Crippen LogP contribution in [0.25, 0.3) is 0 Å². The van der Waals surface area contributed by atoms with Gasteiger partial charge in [-0.2, -0.15) is 0 Å². The molecule has 1 heterocycles. The van der Waals surface area contributed by atoms with Gasteiger partial charge in [-0.3, -0.25) is 4.79 Å². The van der Waals surface area contributed by atoms with E-state index in [4.69, 9.17) is 4.74 Å². The molecule has 1 unspecified atom stereocenters. The van der Waals surface area contributed by atoms with Gasteiger partial charge in [0, 0.05) is 13.0 Å². The number of hydrogen-bond donors (Lipinski definition) is 3. The first-order chi connectivity index (χ1) is 10.6. The highest BCUT2D eigenvalue weighted by atomic mass is 19.1. The molecule has 1 saturated heterocycles. The summed E-state index contributed by atoms with van der Waals surface area (Å²) >= 11 is 0. The van der Waals surface area contributed by atoms with Gasteiger partial charge in [0.05, 0.1) is 0 Å². The fourth-order valence-corrected chi connectivity index (χ4v) is 2.43. The molecule has 1 fully saturated rings. The second-order valence-electron chi connectivity index (χ2n) is 5.62. The Morgan fingerprint density at radius 3 is 2.73 bits per heavy atom. The van der Waals surface area contributed by atoms with Crippen LogP contribution in [0.1, 0.15) is 19.3 Å². The maximum absolute atomic E-state index is 12.7. The van der Waals surface area contributed by atoms with Gasteiger partial charge in [0.1, 0.15) is 24.3 Å². The van der Waals surface area contributed by atoms with Gasteiger partial charge < -0.3 is 20.5 Å². The summed E-state index contributed by atoms with van der Waals surface area (Å²) in [4.78, 5) is 11.8. The van der Waals surface area contributed by atoms with E-state index in [1.807, 2.05) is 0 Å². The molecule has 2 rings (SSSR count). The second-order valence-corrected chi connectivity index (χ2v) is 5.62. The van der Waals surface area contributed by atoms with Gasteiger partial charge >= 0.3 is 0 Å². The molecule has 0 saturated carbocycles. The number of ether oxygens (including phenoxy) is 1. The van der Waals surface area contributed by atoms with Crippen molar-refractivity contribution in [1.29, 1.82) is 0 Å². The second kappa shape index (κ2) is 8.70. The summed E-state index contributed by atoms with van der Waals surface area (Å²) in [6.07, 6.45) is 1.75. The summed E-state index contributed by atoms with van der Waals surface area (Å²) in [5.74, 6) is 0.543. The number of benzene rings is 1. The average molecular weight is 310 g/mol. The van der Waals surface area contributed by atoms with Crippen LogP contribution in [0.2, 0.25) is 0 Å². The van der Waals surface area contributed by atoms with E-state index < -0.39 is 6.10 Å². The van der Waals surface area contributed by atoms with Crippen molar-refractivity contribution in [3.05, 3.63) is 30.1 Å². The third kappa shape index (κ3) is 5.99. The van der Waals surface area contributed by atoms with E-state index in [0.717, 1.165) is 25.9 Å². The van der Waals surface area contributed by atoms with Gasteiger partial charge in [0.2, 0.25) is 5.91 Å². The van der Waals surface area contributed by atoms with Crippen LogP contribution in [0.3, 0.4) is 0 Å². The molecule has 0 aliphatic carbocycles. The molecule has 0 aromatic heterocycles. The van der Waals surface area contributed by atoms with Crippen molar-refractivity contribution in [2.45, 2.75) is 25.4 Å². The number of nitrogens with one attached hydrogen (secondary N) is 2. The Hall–Kier alpha value is -1.66. The summed E-state index contributed by atoms with van der Waals surface area (Å²) in [6.45, 7) is 2.14. The van der Waals surface area contributed by atoms with E-state index in [9.17, 15) is 14.3 Å². The number of aliphatic hydroxyl groups is 1. The Bertz CT molecular complexity index is 461. The van der Waals surface area contributed by atoms with Gasteiger partial charge in [0.25, 0.3) is 0 Å². The first-order valence-corrected chi connectivity index (χ1v) is 7.67. The molecule has 0 spiro atoms. The third-order valence-electron chi connectivity index (χ3n) is 3.72. The summed E-state index contributed by atoms with van der Waals surface area (Å²) < 4.78 is 18.1. The van der Waals surface area contributed by atoms with E-state index in [2.05, 4.69) is 10.6 Å². The summed E-state index contributed by atoms with van der Waals surface area (Å²) in [5.41, 5.74) is 0. The first kappa shape index (κ1) is 16.7. The van der Waals surface area contributed by atoms with E-state index in [-0.39, 0.29) is 24.9 Å². The molecule has 1 aliphatic rings. The molecule has 22 heavy (non-hydrogen) atoms. The highest BCUT2D eigenvalue weighted by Gasteiger charge is 2.17. The number of amides is 1. The molecule has 0 bridgehead atoms. The molecule has 5 nitrogen and oxygen atoms in total. The predicted molar refractivity (Wildman–Crippen MR) is 81.1 cm³/mol. The van der Waals surface area contributed by atoms with E-state index >= 15 is 0 Å². The lowest BCUT2D eigenvalue weighted by Crippen LogP contribution is -2.37. The number of hydrogen-bond acceptors (Lipinski definition) is 4. The average Bonchev–Trinajstić information content (AvgIpc) is 2.53. The molecule has 122 valence electrons. The Labute approximate surface area is 129 Å². The van der Waals surface area contributed by atoms with Crippen molar-refractivity contribution in [2.75, 3.05) is 26.2 Å². The van der Waals surface area contributed by atoms with Crippen LogP contribution in [0.5, 0.6) is 5.75 Å². The molecule has 1 amide bonds. The number of carbonyl (C=O) groups is 1. The highest BCUT2D eigenvalue weighted by molar-refractivity contribution is 5.76. The lowest BCUT2D eigenvalue weighted by Gasteiger charge is -2.22. The van der Waals surface area contributed by atoms with Crippen molar-refractivity contribution in [3.63, 3.8) is 0 Å². The minimum absolute atomic E-state index is 0.0345. The molecular weight excluding hydrogens is 287 g/mol. The fourth-order valence-electron chi connectivity index (χ4n) is 2.43. The number of piperidine rings is 1. The van der Waals surface area contributed by atoms with Gasteiger partial charge in [-0.25, -0.2) is 4.39 Å². The maximum atomic E-state index is 12.7. The van der Waals surface area contributed by atoms with Crippen LogP contribution in [-0.2, 0) is 4.79 Å². The van der Waals surface area contributed by atoms with Crippen molar-refractivity contribution >= 4 is 5.91 Å². The molecule has 6 heteroatoms. The van der Waals surface area contributed by atoms with Crippen LogP contribution in [0.15, 0.2) is 24.3 Å². The molecule has 1 aliphatic heterocycles. The monoisotopic (exact) mass is 310 g/mol. The number of aliphatic hydroxyl groups excluding tert-OH is 1. The Kier molecular flexibility index (Phi) is 6.61. The Morgan fingerprint density at radius 1 is 1.36 bits per heavy atom. The minimum Gasteiger partial charge on any atom is -0.491 e. The maximum Gasteiger partial charge on any atom is 0.220 e. The van der Waals surface area contributed by atoms with Crippen LogP contribution in [0.4, 0.5) is 4.39 Å². The van der Waals surface area contributed by atoms with Crippen LogP contribution in [-0.4, -0.2) is 43.4 Å². The largest absolute Gasteiger partial charge is 0.491 e. The quantitative estimate of drug-likeness (QED) is 0.704. The molecule has 1 aromatic carbocycles. The number of rotatable bonds is 7. The third-order valence-corrected chi connectivity index (χ3v) is 3.72. The minimum atomic E-state index is -0.790. The SMILES string of the molecule is O=C(CC1CCNCC1)NCC(O)COc1ccc(F)cc1. The van der Waals surface area contributed by atoms with E-state index in [0.29, 0.717) is 18.1 Å². The zero-order chi connectivity index (χ0) is 15.8. The van der Waals surface area contributed by atoms with Crippen molar-refractivity contribution < 1.29 is 19.0 Å². The van der Waals surface area contributed by atoms with Crippen molar-refractivity contribution in [1.82, 2.24) is 10.6 Å². The van der Waals surface area contributed by atoms with Gasteiger partial charge in [-0.1, -0.05) is 0 Å². The van der Waals surface area contributed by atoms with Crippen LogP contribution >= 0.6 is 0 Å². The van der Waals surface area contributed by atoms with Gasteiger partial charge in [-0.15, -0.1) is 0 Å². The van der Waals surface area contributed by atoms with Gasteiger partial charge in [0.15, 0.2) is 0 Å². The molecule has 1 atom stereocenters. The summed E-state index contributed by atoms with van der Waals surface area (Å²) in [7, 11) is 0. The molecular formula is C16H23FN2O3. The Balaban J connectivity index is 1.61. The molecule has 3 N–H and O–H groups in total. The van der Waals surface area contributed by atoms with Crippen LogP contribution in [0, 0.1) is 11.7 Å². The van der Waals surface area contributed by atoms with Crippen molar-refractivity contribution in [3.8, 4) is 5.75 Å². The standard InChI is InChI=1S/C16H23FN2O3/c17-13-1-3-15(4-2-13)22-11-14(20)10-19-16(21)9-12-5-7-18-8-6-12/h1-4,12,14,18,20H,5-11H2,(H,19,21). The Morgan fingerprint density at radius 2 is 2.05 bits per heavy atom. The van der Waals surface area contributed by atoms with E-state index in [1.54, 1.807) is 0 Å². The predicted octanol–water partition coefficient (Wildman–Crippen LogP) is 1.07. The van der Waals surface area contributed by atoms with Crippen LogP contribution < -0.4 is 15.4 Å². The molecule has 0 radical (unpaired) electrons. The zero-order valence-corrected chi connectivity index (χ0v) is 12.6. The molecule has 1 aromatic rings. The fraction of sp³-hybridized carbons (Fsp3) is 0.562. The summed E-state index contributed by atoms with van der Waals surface area (Å²) in [6, 6.07) is 5.58. The lowest BCUT2D eigenvalue weighted by atomic mass is 9.94. The topological polar surface area (TPSA) is 70.6 Å². The van der Waals surface area contributed by atoms with Gasteiger partial charge in [-0.05, 0) is 56.1 Å². The zero-order valence-electron chi connectivity index (χ0n) is 12.6. The highest BCUT2D eigenvalue weighted by Crippen LogP contribution is 2.15.